The van der Waals surface area contributed by atoms with E-state index in [1.165, 1.54) is 0 Å². The van der Waals surface area contributed by atoms with Gasteiger partial charge in [0.15, 0.2) is 0 Å². The van der Waals surface area contributed by atoms with E-state index in [-0.39, 0.29) is 18.4 Å². The third-order valence-corrected chi connectivity index (χ3v) is 2.76. The van der Waals surface area contributed by atoms with Crippen molar-refractivity contribution in [2.24, 2.45) is 0 Å². The van der Waals surface area contributed by atoms with Crippen LogP contribution in [0.15, 0.2) is 0 Å². The number of aliphatic hydroxyl groups excluding tert-OH is 1. The van der Waals surface area contributed by atoms with Crippen LogP contribution in [0.1, 0.15) is 20.3 Å². The topological polar surface area (TPSA) is 67.6 Å². The first kappa shape index (κ1) is 12.0. The molecule has 5 nitrogen and oxygen atoms in total. The number of hydrogen-bond acceptors (Lipinski definition) is 3. The molecule has 1 amide bonds. The number of amidine groups is 1. The first-order chi connectivity index (χ1) is 6.91. The monoisotopic (exact) mass is 213 g/mol. The second kappa shape index (κ2) is 4.61. The highest BCUT2D eigenvalue weighted by atomic mass is 16.3. The zero-order chi connectivity index (χ0) is 11.6. The maximum absolute atomic E-state index is 11.5. The number of likely N-dealkylation sites (tertiary alicyclic amines) is 1. The summed E-state index contributed by atoms with van der Waals surface area (Å²) in [5, 5.41) is 16.5. The lowest BCUT2D eigenvalue weighted by molar-refractivity contribution is -0.139. The fourth-order valence-corrected chi connectivity index (χ4v) is 1.56. The van der Waals surface area contributed by atoms with E-state index >= 15 is 0 Å². The Morgan fingerprint density at radius 3 is 2.60 bits per heavy atom. The molecule has 0 radical (unpaired) electrons. The second-order valence-corrected chi connectivity index (χ2v) is 4.20. The van der Waals surface area contributed by atoms with E-state index in [9.17, 15) is 4.79 Å². The summed E-state index contributed by atoms with van der Waals surface area (Å²) in [6.07, 6.45) is -0.376. The van der Waals surface area contributed by atoms with Crippen molar-refractivity contribution in [1.29, 1.82) is 5.41 Å². The summed E-state index contributed by atoms with van der Waals surface area (Å²) >= 11 is 0. The second-order valence-electron chi connectivity index (χ2n) is 4.20. The molecule has 1 fully saturated rings. The number of nitrogens with zero attached hydrogens (tertiary/aromatic N) is 2. The van der Waals surface area contributed by atoms with Gasteiger partial charge in [-0.15, -0.1) is 0 Å². The van der Waals surface area contributed by atoms with Gasteiger partial charge in [-0.1, -0.05) is 0 Å². The highest BCUT2D eigenvalue weighted by Gasteiger charge is 2.33. The van der Waals surface area contributed by atoms with Crippen molar-refractivity contribution in [3.8, 4) is 0 Å². The molecule has 0 bridgehead atoms. The number of carbonyl (C=O) groups is 1. The van der Waals surface area contributed by atoms with Gasteiger partial charge in [-0.3, -0.25) is 10.2 Å². The van der Waals surface area contributed by atoms with Crippen LogP contribution in [0.4, 0.5) is 0 Å². The Kier molecular flexibility index (Phi) is 3.68. The van der Waals surface area contributed by atoms with E-state index in [0.29, 0.717) is 18.9 Å². The van der Waals surface area contributed by atoms with Gasteiger partial charge in [0.2, 0.25) is 5.91 Å². The standard InChI is InChI=1S/C10H19N3O2/c1-7(14)4-10(15)13-5-9(6-13)12(3)8(2)11/h7,9,11,14H,4-6H2,1-3H3. The van der Waals surface area contributed by atoms with Crippen molar-refractivity contribution in [2.45, 2.75) is 32.4 Å². The van der Waals surface area contributed by atoms with Crippen LogP contribution >= 0.6 is 0 Å². The van der Waals surface area contributed by atoms with Crippen molar-refractivity contribution in [1.82, 2.24) is 9.80 Å². The maximum Gasteiger partial charge on any atom is 0.225 e. The summed E-state index contributed by atoms with van der Waals surface area (Å²) < 4.78 is 0. The number of likely N-dealkylation sites (N-methyl/N-ethyl adjacent to an activating group) is 1. The molecule has 0 aromatic heterocycles. The van der Waals surface area contributed by atoms with Crippen LogP contribution < -0.4 is 0 Å². The van der Waals surface area contributed by atoms with Crippen molar-refractivity contribution in [3.63, 3.8) is 0 Å². The van der Waals surface area contributed by atoms with Gasteiger partial charge < -0.3 is 14.9 Å². The molecular weight excluding hydrogens is 194 g/mol. The highest BCUT2D eigenvalue weighted by molar-refractivity contribution is 5.79. The molecule has 0 aliphatic carbocycles. The average molecular weight is 213 g/mol. The maximum atomic E-state index is 11.5. The third kappa shape index (κ3) is 2.92. The fraction of sp³-hybridized carbons (Fsp3) is 0.800. The van der Waals surface area contributed by atoms with Crippen molar-refractivity contribution >= 4 is 11.7 Å². The smallest absolute Gasteiger partial charge is 0.225 e. The van der Waals surface area contributed by atoms with Crippen LogP contribution in [0.5, 0.6) is 0 Å². The molecule has 2 N–H and O–H groups in total. The molecule has 15 heavy (non-hydrogen) atoms. The van der Waals surface area contributed by atoms with Crippen LogP contribution in [-0.2, 0) is 4.79 Å². The minimum atomic E-state index is -0.571. The van der Waals surface area contributed by atoms with E-state index < -0.39 is 6.10 Å². The fourth-order valence-electron chi connectivity index (χ4n) is 1.56. The Morgan fingerprint density at radius 1 is 1.67 bits per heavy atom. The van der Waals surface area contributed by atoms with E-state index in [0.717, 1.165) is 0 Å². The molecule has 5 heteroatoms. The summed E-state index contributed by atoms with van der Waals surface area (Å²) in [4.78, 5) is 15.1. The molecule has 1 aliphatic rings. The summed E-state index contributed by atoms with van der Waals surface area (Å²) in [6.45, 7) is 4.68. The zero-order valence-corrected chi connectivity index (χ0v) is 9.53. The number of aliphatic hydroxyl groups is 1. The van der Waals surface area contributed by atoms with Gasteiger partial charge in [0, 0.05) is 20.1 Å². The molecule has 1 heterocycles. The first-order valence-electron chi connectivity index (χ1n) is 5.15. The summed E-state index contributed by atoms with van der Waals surface area (Å²) in [7, 11) is 1.86. The molecule has 1 rings (SSSR count). The van der Waals surface area contributed by atoms with E-state index in [1.807, 2.05) is 11.9 Å². The number of rotatable bonds is 3. The van der Waals surface area contributed by atoms with Gasteiger partial charge in [-0.05, 0) is 13.8 Å². The van der Waals surface area contributed by atoms with Crippen LogP contribution in [0.2, 0.25) is 0 Å². The number of amides is 1. The molecule has 1 aliphatic heterocycles. The lowest BCUT2D eigenvalue weighted by Gasteiger charge is -2.44. The summed E-state index contributed by atoms with van der Waals surface area (Å²) in [5.74, 6) is 0.514. The van der Waals surface area contributed by atoms with Gasteiger partial charge >= 0.3 is 0 Å². The SMILES string of the molecule is CC(=N)N(C)C1CN(C(=O)CC(C)O)C1. The van der Waals surface area contributed by atoms with Crippen molar-refractivity contribution < 1.29 is 9.90 Å². The predicted molar refractivity (Wildman–Crippen MR) is 57.8 cm³/mol. The number of hydrogen-bond donors (Lipinski definition) is 2. The minimum Gasteiger partial charge on any atom is -0.393 e. The zero-order valence-electron chi connectivity index (χ0n) is 9.53. The molecule has 0 spiro atoms. The Morgan fingerprint density at radius 2 is 2.20 bits per heavy atom. The van der Waals surface area contributed by atoms with Gasteiger partial charge in [0.05, 0.1) is 24.4 Å². The predicted octanol–water partition coefficient (Wildman–Crippen LogP) is -0.103. The quantitative estimate of drug-likeness (QED) is 0.508. The number of carbonyl (C=O) groups excluding carboxylic acids is 1. The molecule has 0 saturated carbocycles. The normalized spacial score (nSPS) is 18.3. The molecule has 1 saturated heterocycles. The molecule has 1 atom stereocenters. The molecule has 0 aromatic rings. The Balaban J connectivity index is 2.31. The van der Waals surface area contributed by atoms with Crippen LogP contribution in [0.25, 0.3) is 0 Å². The molecule has 1 unspecified atom stereocenters. The average Bonchev–Trinajstić information content (AvgIpc) is 1.99. The molecular formula is C10H19N3O2. The summed E-state index contributed by atoms with van der Waals surface area (Å²) in [6, 6.07) is 0.264. The van der Waals surface area contributed by atoms with Crippen LogP contribution in [0.3, 0.4) is 0 Å². The van der Waals surface area contributed by atoms with Gasteiger partial charge in [-0.25, -0.2) is 0 Å². The summed E-state index contributed by atoms with van der Waals surface area (Å²) in [5.41, 5.74) is 0. The van der Waals surface area contributed by atoms with E-state index in [4.69, 9.17) is 10.5 Å². The van der Waals surface area contributed by atoms with Gasteiger partial charge in [0.25, 0.3) is 0 Å². The van der Waals surface area contributed by atoms with Gasteiger partial charge in [0.1, 0.15) is 0 Å². The van der Waals surface area contributed by atoms with Crippen LogP contribution in [-0.4, -0.2) is 58.9 Å². The Bertz CT molecular complexity index is 259. The van der Waals surface area contributed by atoms with E-state index in [1.54, 1.807) is 18.7 Å². The lowest BCUT2D eigenvalue weighted by atomic mass is 10.1. The third-order valence-electron chi connectivity index (χ3n) is 2.76. The first-order valence-corrected chi connectivity index (χ1v) is 5.15. The van der Waals surface area contributed by atoms with Crippen molar-refractivity contribution in [2.75, 3.05) is 20.1 Å². The number of nitrogens with one attached hydrogen (secondary N) is 1. The molecule has 0 aromatic carbocycles. The largest absolute Gasteiger partial charge is 0.393 e. The highest BCUT2D eigenvalue weighted by Crippen LogP contribution is 2.15. The van der Waals surface area contributed by atoms with Crippen molar-refractivity contribution in [3.05, 3.63) is 0 Å². The Labute approximate surface area is 90.2 Å². The Hall–Kier alpha value is -1.10. The van der Waals surface area contributed by atoms with Crippen LogP contribution in [0, 0.1) is 5.41 Å². The molecule has 86 valence electrons. The van der Waals surface area contributed by atoms with Gasteiger partial charge in [-0.2, -0.15) is 0 Å². The van der Waals surface area contributed by atoms with E-state index in [2.05, 4.69) is 0 Å². The minimum absolute atomic E-state index is 0.00252. The lowest BCUT2D eigenvalue weighted by Crippen LogP contribution is -2.61.